The van der Waals surface area contributed by atoms with Crippen molar-refractivity contribution in [1.82, 2.24) is 15.5 Å². The second-order valence-corrected chi connectivity index (χ2v) is 4.42. The predicted molar refractivity (Wildman–Crippen MR) is 70.1 cm³/mol. The Morgan fingerprint density at radius 1 is 1.35 bits per heavy atom. The highest BCUT2D eigenvalue weighted by Crippen LogP contribution is 2.28. The summed E-state index contributed by atoms with van der Waals surface area (Å²) in [5, 5.41) is 10.7. The van der Waals surface area contributed by atoms with E-state index in [1.54, 1.807) is 24.3 Å². The highest BCUT2D eigenvalue weighted by molar-refractivity contribution is 5.34. The molecule has 20 heavy (non-hydrogen) atoms. The fraction of sp³-hybridized carbons (Fsp3) is 0.286. The summed E-state index contributed by atoms with van der Waals surface area (Å²) in [6.07, 6.45) is 1.44. The van der Waals surface area contributed by atoms with Crippen LogP contribution in [0.3, 0.4) is 0 Å². The number of halogens is 1. The Bertz CT molecular complexity index is 574. The summed E-state index contributed by atoms with van der Waals surface area (Å²) in [6.45, 7) is 2.18. The third kappa shape index (κ3) is 2.92. The minimum atomic E-state index is -0.442. The number of hydrogen-bond donors (Lipinski definition) is 1. The first kappa shape index (κ1) is 13.0. The normalized spacial score (nSPS) is 18.8. The standard InChI is InChI=1S/C14H14FN3O2/c15-11-4-3-10(13-9-16-6-7-19-13)8-12(11)20-14-2-1-5-17-18-14/h1-5,8,13,16H,6-7,9H2/t13-/m1/s1. The van der Waals surface area contributed by atoms with Gasteiger partial charge in [0.2, 0.25) is 5.88 Å². The van der Waals surface area contributed by atoms with Gasteiger partial charge in [0.25, 0.3) is 0 Å². The molecule has 1 aromatic heterocycles. The van der Waals surface area contributed by atoms with Crippen molar-refractivity contribution in [3.05, 3.63) is 47.9 Å². The largest absolute Gasteiger partial charge is 0.434 e. The predicted octanol–water partition coefficient (Wildman–Crippen LogP) is 2.07. The van der Waals surface area contributed by atoms with Gasteiger partial charge in [0.05, 0.1) is 12.7 Å². The summed E-state index contributed by atoms with van der Waals surface area (Å²) in [6, 6.07) is 8.02. The fourth-order valence-corrected chi connectivity index (χ4v) is 2.03. The van der Waals surface area contributed by atoms with E-state index in [-0.39, 0.29) is 17.7 Å². The molecule has 1 saturated heterocycles. The van der Waals surface area contributed by atoms with Crippen LogP contribution in [0.15, 0.2) is 36.5 Å². The number of hydrogen-bond acceptors (Lipinski definition) is 5. The zero-order chi connectivity index (χ0) is 13.8. The van der Waals surface area contributed by atoms with Crippen molar-refractivity contribution in [3.63, 3.8) is 0 Å². The summed E-state index contributed by atoms with van der Waals surface area (Å²) in [4.78, 5) is 0. The molecule has 2 heterocycles. The molecule has 1 N–H and O–H groups in total. The molecular formula is C14H14FN3O2. The molecule has 0 radical (unpaired) electrons. The van der Waals surface area contributed by atoms with Crippen LogP contribution in [0.1, 0.15) is 11.7 Å². The van der Waals surface area contributed by atoms with Gasteiger partial charge in [-0.1, -0.05) is 6.07 Å². The number of aromatic nitrogens is 2. The quantitative estimate of drug-likeness (QED) is 0.929. The first-order valence-electron chi connectivity index (χ1n) is 6.40. The van der Waals surface area contributed by atoms with Crippen molar-refractivity contribution in [3.8, 4) is 11.6 Å². The summed E-state index contributed by atoms with van der Waals surface area (Å²) in [5.41, 5.74) is 0.873. The molecule has 1 fully saturated rings. The van der Waals surface area contributed by atoms with Gasteiger partial charge in [-0.3, -0.25) is 0 Å². The Labute approximate surface area is 115 Å². The van der Waals surface area contributed by atoms with Gasteiger partial charge in [-0.05, 0) is 23.8 Å². The molecule has 1 aromatic carbocycles. The number of benzene rings is 1. The van der Waals surface area contributed by atoms with E-state index >= 15 is 0 Å². The summed E-state index contributed by atoms with van der Waals surface area (Å²) >= 11 is 0. The number of ether oxygens (including phenoxy) is 2. The molecule has 0 saturated carbocycles. The average Bonchev–Trinajstić information content (AvgIpc) is 2.51. The Morgan fingerprint density at radius 3 is 3.05 bits per heavy atom. The minimum Gasteiger partial charge on any atom is -0.434 e. The topological polar surface area (TPSA) is 56.3 Å². The van der Waals surface area contributed by atoms with Crippen LogP contribution in [-0.2, 0) is 4.74 Å². The van der Waals surface area contributed by atoms with Gasteiger partial charge in [0.15, 0.2) is 11.6 Å². The molecule has 6 heteroatoms. The summed E-state index contributed by atoms with van der Waals surface area (Å²) in [7, 11) is 0. The molecular weight excluding hydrogens is 261 g/mol. The zero-order valence-electron chi connectivity index (χ0n) is 10.8. The van der Waals surface area contributed by atoms with Gasteiger partial charge in [-0.2, -0.15) is 5.10 Å². The van der Waals surface area contributed by atoms with Crippen LogP contribution in [-0.4, -0.2) is 29.9 Å². The highest BCUT2D eigenvalue weighted by Gasteiger charge is 2.18. The molecule has 2 aromatic rings. The Kier molecular flexibility index (Phi) is 3.85. The zero-order valence-corrected chi connectivity index (χ0v) is 10.8. The lowest BCUT2D eigenvalue weighted by Crippen LogP contribution is -2.33. The second-order valence-electron chi connectivity index (χ2n) is 4.42. The maximum absolute atomic E-state index is 13.8. The molecule has 5 nitrogen and oxygen atoms in total. The maximum atomic E-state index is 13.8. The number of nitrogens with zero attached hydrogens (tertiary/aromatic N) is 2. The van der Waals surface area contributed by atoms with Crippen molar-refractivity contribution >= 4 is 0 Å². The van der Waals surface area contributed by atoms with Crippen LogP contribution in [0.5, 0.6) is 11.6 Å². The molecule has 1 atom stereocenters. The van der Waals surface area contributed by atoms with E-state index in [4.69, 9.17) is 9.47 Å². The van der Waals surface area contributed by atoms with Crippen molar-refractivity contribution in [1.29, 1.82) is 0 Å². The molecule has 1 aliphatic heterocycles. The van der Waals surface area contributed by atoms with Crippen LogP contribution in [0.25, 0.3) is 0 Å². The van der Waals surface area contributed by atoms with Crippen molar-refractivity contribution < 1.29 is 13.9 Å². The van der Waals surface area contributed by atoms with E-state index in [0.29, 0.717) is 13.2 Å². The monoisotopic (exact) mass is 275 g/mol. The fourth-order valence-electron chi connectivity index (χ4n) is 2.03. The molecule has 0 aliphatic carbocycles. The smallest absolute Gasteiger partial charge is 0.238 e. The van der Waals surface area contributed by atoms with Gasteiger partial charge in [-0.25, -0.2) is 4.39 Å². The molecule has 0 bridgehead atoms. The van der Waals surface area contributed by atoms with Gasteiger partial charge in [0.1, 0.15) is 0 Å². The number of rotatable bonds is 3. The van der Waals surface area contributed by atoms with E-state index in [9.17, 15) is 4.39 Å². The molecule has 0 unspecified atom stereocenters. The Morgan fingerprint density at radius 2 is 2.30 bits per heavy atom. The van der Waals surface area contributed by atoms with Crippen LogP contribution in [0, 0.1) is 5.82 Å². The van der Waals surface area contributed by atoms with E-state index in [1.807, 2.05) is 0 Å². The Hall–Kier alpha value is -2.05. The lowest BCUT2D eigenvalue weighted by molar-refractivity contribution is 0.0275. The lowest BCUT2D eigenvalue weighted by Gasteiger charge is -2.24. The van der Waals surface area contributed by atoms with Crippen LogP contribution in [0.2, 0.25) is 0 Å². The van der Waals surface area contributed by atoms with Crippen molar-refractivity contribution in [2.24, 2.45) is 0 Å². The van der Waals surface area contributed by atoms with E-state index in [2.05, 4.69) is 15.5 Å². The van der Waals surface area contributed by atoms with Crippen LogP contribution in [0.4, 0.5) is 4.39 Å². The van der Waals surface area contributed by atoms with Crippen molar-refractivity contribution in [2.75, 3.05) is 19.7 Å². The van der Waals surface area contributed by atoms with Crippen molar-refractivity contribution in [2.45, 2.75) is 6.10 Å². The van der Waals surface area contributed by atoms with Crippen LogP contribution < -0.4 is 10.1 Å². The number of nitrogens with one attached hydrogen (secondary N) is 1. The minimum absolute atomic E-state index is 0.0893. The van der Waals surface area contributed by atoms with Gasteiger partial charge >= 0.3 is 0 Å². The average molecular weight is 275 g/mol. The molecule has 0 amide bonds. The van der Waals surface area contributed by atoms with E-state index in [1.165, 1.54) is 12.3 Å². The Balaban J connectivity index is 1.83. The SMILES string of the molecule is Fc1ccc([C@H]2CNCCO2)cc1Oc1cccnn1. The summed E-state index contributed by atoms with van der Waals surface area (Å²) < 4.78 is 24.8. The highest BCUT2D eigenvalue weighted by atomic mass is 19.1. The third-order valence-corrected chi connectivity index (χ3v) is 3.02. The first-order chi connectivity index (χ1) is 9.83. The third-order valence-electron chi connectivity index (χ3n) is 3.02. The molecule has 1 aliphatic rings. The molecule has 0 spiro atoms. The van der Waals surface area contributed by atoms with E-state index < -0.39 is 5.82 Å². The van der Waals surface area contributed by atoms with Crippen LogP contribution >= 0.6 is 0 Å². The molecule has 3 rings (SSSR count). The van der Waals surface area contributed by atoms with Gasteiger partial charge < -0.3 is 14.8 Å². The molecule has 104 valence electrons. The summed E-state index contributed by atoms with van der Waals surface area (Å²) in [5.74, 6) is -0.0633. The van der Waals surface area contributed by atoms with Gasteiger partial charge in [0, 0.05) is 25.4 Å². The number of morpholine rings is 1. The van der Waals surface area contributed by atoms with E-state index in [0.717, 1.165) is 12.1 Å². The maximum Gasteiger partial charge on any atom is 0.238 e. The van der Waals surface area contributed by atoms with Gasteiger partial charge in [-0.15, -0.1) is 5.10 Å². The lowest BCUT2D eigenvalue weighted by atomic mass is 10.1. The first-order valence-corrected chi connectivity index (χ1v) is 6.40. The second kappa shape index (κ2) is 5.94.